The van der Waals surface area contributed by atoms with Gasteiger partial charge in [-0.05, 0) is 30.2 Å². The molecule has 0 amide bonds. The van der Waals surface area contributed by atoms with Crippen LogP contribution in [0.4, 0.5) is 8.78 Å². The van der Waals surface area contributed by atoms with Gasteiger partial charge in [0.25, 0.3) is 0 Å². The second-order valence-electron chi connectivity index (χ2n) is 4.79. The van der Waals surface area contributed by atoms with E-state index in [9.17, 15) is 17.2 Å². The van der Waals surface area contributed by atoms with Gasteiger partial charge in [-0.2, -0.15) is 4.31 Å². The zero-order valence-electron chi connectivity index (χ0n) is 11.7. The van der Waals surface area contributed by atoms with E-state index in [1.54, 1.807) is 0 Å². The fourth-order valence-electron chi connectivity index (χ4n) is 1.97. The van der Waals surface area contributed by atoms with Crippen LogP contribution in [0.2, 0.25) is 0 Å². The van der Waals surface area contributed by atoms with Crippen LogP contribution in [0.1, 0.15) is 11.1 Å². The molecule has 0 unspecified atom stereocenters. The summed E-state index contributed by atoms with van der Waals surface area (Å²) in [6.45, 7) is 2.00. The maximum Gasteiger partial charge on any atom is 0.243 e. The van der Waals surface area contributed by atoms with Crippen LogP contribution in [-0.2, 0) is 16.6 Å². The monoisotopic (exact) mass is 311 g/mol. The summed E-state index contributed by atoms with van der Waals surface area (Å²) in [6.07, 6.45) is 0. The van der Waals surface area contributed by atoms with Crippen LogP contribution >= 0.6 is 0 Å². The highest BCUT2D eigenvalue weighted by atomic mass is 32.2. The van der Waals surface area contributed by atoms with Gasteiger partial charge in [0.1, 0.15) is 11.6 Å². The average molecular weight is 311 g/mol. The lowest BCUT2D eigenvalue weighted by Crippen LogP contribution is -2.27. The van der Waals surface area contributed by atoms with Gasteiger partial charge in [0.2, 0.25) is 10.0 Å². The standard InChI is InChI=1S/C15H15F2NO2S/c1-11-5-3-4-6-12(11)10-18(2)21(19,20)15-8-13(16)7-14(17)9-15/h3-9H,10H2,1-2H3. The summed E-state index contributed by atoms with van der Waals surface area (Å²) >= 11 is 0. The van der Waals surface area contributed by atoms with E-state index in [1.165, 1.54) is 7.05 Å². The van der Waals surface area contributed by atoms with Crippen molar-refractivity contribution in [2.24, 2.45) is 0 Å². The van der Waals surface area contributed by atoms with E-state index in [2.05, 4.69) is 0 Å². The Bertz CT molecular complexity index is 740. The Kier molecular flexibility index (Phi) is 4.39. The molecule has 0 heterocycles. The first kappa shape index (κ1) is 15.6. The average Bonchev–Trinajstić information content (AvgIpc) is 2.40. The quantitative estimate of drug-likeness (QED) is 0.870. The summed E-state index contributed by atoms with van der Waals surface area (Å²) < 4.78 is 52.1. The van der Waals surface area contributed by atoms with E-state index in [0.29, 0.717) is 6.07 Å². The number of aryl methyl sites for hydroxylation is 1. The van der Waals surface area contributed by atoms with E-state index in [4.69, 9.17) is 0 Å². The molecule has 0 spiro atoms. The number of nitrogens with zero attached hydrogens (tertiary/aromatic N) is 1. The largest absolute Gasteiger partial charge is 0.243 e. The molecule has 0 fully saturated rings. The van der Waals surface area contributed by atoms with Crippen molar-refractivity contribution in [2.75, 3.05) is 7.05 Å². The Balaban J connectivity index is 2.33. The molecule has 0 aliphatic rings. The molecule has 2 aromatic carbocycles. The smallest absolute Gasteiger partial charge is 0.207 e. The van der Waals surface area contributed by atoms with E-state index >= 15 is 0 Å². The molecule has 0 aliphatic carbocycles. The molecule has 0 saturated carbocycles. The van der Waals surface area contributed by atoms with E-state index in [0.717, 1.165) is 27.6 Å². The third-order valence-corrected chi connectivity index (χ3v) is 4.98. The van der Waals surface area contributed by atoms with Crippen LogP contribution in [0.5, 0.6) is 0 Å². The minimum Gasteiger partial charge on any atom is -0.207 e. The van der Waals surface area contributed by atoms with Crippen LogP contribution in [0, 0.1) is 18.6 Å². The van der Waals surface area contributed by atoms with Crippen molar-refractivity contribution in [3.05, 3.63) is 65.2 Å². The predicted octanol–water partition coefficient (Wildman–Crippen LogP) is 3.09. The minimum absolute atomic E-state index is 0.132. The van der Waals surface area contributed by atoms with Gasteiger partial charge in [-0.25, -0.2) is 17.2 Å². The molecule has 21 heavy (non-hydrogen) atoms. The topological polar surface area (TPSA) is 37.4 Å². The van der Waals surface area contributed by atoms with Gasteiger partial charge in [-0.3, -0.25) is 0 Å². The van der Waals surface area contributed by atoms with Gasteiger partial charge < -0.3 is 0 Å². The minimum atomic E-state index is -3.95. The van der Waals surface area contributed by atoms with Crippen molar-refractivity contribution in [2.45, 2.75) is 18.4 Å². The highest BCUT2D eigenvalue weighted by molar-refractivity contribution is 7.89. The molecule has 0 saturated heterocycles. The Labute approximate surface area is 122 Å². The number of sulfonamides is 1. The van der Waals surface area contributed by atoms with Gasteiger partial charge in [0, 0.05) is 19.7 Å². The zero-order valence-corrected chi connectivity index (χ0v) is 12.5. The maximum atomic E-state index is 13.2. The first-order valence-corrected chi connectivity index (χ1v) is 7.71. The second kappa shape index (κ2) is 5.91. The number of halogens is 2. The molecule has 6 heteroatoms. The van der Waals surface area contributed by atoms with Crippen LogP contribution < -0.4 is 0 Å². The molecule has 0 radical (unpaired) electrons. The Morgan fingerprint density at radius 1 is 1.05 bits per heavy atom. The summed E-state index contributed by atoms with van der Waals surface area (Å²) in [4.78, 5) is -0.393. The zero-order chi connectivity index (χ0) is 15.6. The molecule has 0 aromatic heterocycles. The summed E-state index contributed by atoms with van der Waals surface area (Å²) in [7, 11) is -2.57. The third-order valence-electron chi connectivity index (χ3n) is 3.20. The molecule has 0 atom stereocenters. The first-order chi connectivity index (χ1) is 9.80. The normalized spacial score (nSPS) is 11.9. The van der Waals surface area contributed by atoms with Crippen molar-refractivity contribution >= 4 is 10.0 Å². The fourth-order valence-corrected chi connectivity index (χ4v) is 3.16. The SMILES string of the molecule is Cc1ccccc1CN(C)S(=O)(=O)c1cc(F)cc(F)c1. The van der Waals surface area contributed by atoms with Crippen molar-refractivity contribution in [3.63, 3.8) is 0 Å². The van der Waals surface area contributed by atoms with Gasteiger partial charge in [0.15, 0.2) is 0 Å². The lowest BCUT2D eigenvalue weighted by molar-refractivity contribution is 0.464. The van der Waals surface area contributed by atoms with Gasteiger partial charge in [-0.1, -0.05) is 24.3 Å². The molecule has 2 aromatic rings. The molecule has 0 N–H and O–H groups in total. The number of hydrogen-bond donors (Lipinski definition) is 0. The summed E-state index contributed by atoms with van der Waals surface area (Å²) in [5, 5.41) is 0. The van der Waals surface area contributed by atoms with E-state index < -0.39 is 26.6 Å². The predicted molar refractivity (Wildman–Crippen MR) is 76.2 cm³/mol. The molecular formula is C15H15F2NO2S. The number of rotatable bonds is 4. The highest BCUT2D eigenvalue weighted by Gasteiger charge is 2.22. The highest BCUT2D eigenvalue weighted by Crippen LogP contribution is 2.20. The van der Waals surface area contributed by atoms with Gasteiger partial charge in [-0.15, -0.1) is 0 Å². The number of benzene rings is 2. The van der Waals surface area contributed by atoms with E-state index in [1.807, 2.05) is 31.2 Å². The molecular weight excluding hydrogens is 296 g/mol. The lowest BCUT2D eigenvalue weighted by Gasteiger charge is -2.18. The van der Waals surface area contributed by atoms with Crippen molar-refractivity contribution in [1.82, 2.24) is 4.31 Å². The lowest BCUT2D eigenvalue weighted by atomic mass is 10.1. The number of hydrogen-bond acceptors (Lipinski definition) is 2. The molecule has 0 bridgehead atoms. The summed E-state index contributed by atoms with van der Waals surface area (Å²) in [5.74, 6) is -1.84. The maximum absolute atomic E-state index is 13.2. The van der Waals surface area contributed by atoms with Crippen LogP contribution in [0.15, 0.2) is 47.4 Å². The molecule has 112 valence electrons. The van der Waals surface area contributed by atoms with Gasteiger partial charge >= 0.3 is 0 Å². The Hall–Kier alpha value is -1.79. The second-order valence-corrected chi connectivity index (χ2v) is 6.84. The van der Waals surface area contributed by atoms with Crippen LogP contribution in [0.25, 0.3) is 0 Å². The third kappa shape index (κ3) is 3.46. The van der Waals surface area contributed by atoms with Crippen molar-refractivity contribution in [1.29, 1.82) is 0 Å². The molecule has 2 rings (SSSR count). The fraction of sp³-hybridized carbons (Fsp3) is 0.200. The van der Waals surface area contributed by atoms with Gasteiger partial charge in [0.05, 0.1) is 4.90 Å². The van der Waals surface area contributed by atoms with Crippen molar-refractivity contribution < 1.29 is 17.2 Å². The molecule has 0 aliphatic heterocycles. The summed E-state index contributed by atoms with van der Waals surface area (Å²) in [6, 6.07) is 9.62. The Morgan fingerprint density at radius 3 is 2.19 bits per heavy atom. The first-order valence-electron chi connectivity index (χ1n) is 6.27. The van der Waals surface area contributed by atoms with Crippen LogP contribution in [0.3, 0.4) is 0 Å². The van der Waals surface area contributed by atoms with Crippen molar-refractivity contribution in [3.8, 4) is 0 Å². The summed E-state index contributed by atoms with van der Waals surface area (Å²) in [5.41, 5.74) is 1.78. The molecule has 3 nitrogen and oxygen atoms in total. The van der Waals surface area contributed by atoms with E-state index in [-0.39, 0.29) is 6.54 Å². The van der Waals surface area contributed by atoms with Crippen LogP contribution in [-0.4, -0.2) is 19.8 Å². The Morgan fingerprint density at radius 2 is 1.62 bits per heavy atom.